The minimum Gasteiger partial charge on any atom is -0.493 e. The van der Waals surface area contributed by atoms with Crippen molar-refractivity contribution in [3.05, 3.63) is 36.5 Å². The number of nitrogens with one attached hydrogen (secondary N) is 1. The number of hydrogen-bond acceptors (Lipinski definition) is 4. The summed E-state index contributed by atoms with van der Waals surface area (Å²) in [6, 6.07) is 3.71. The summed E-state index contributed by atoms with van der Waals surface area (Å²) in [4.78, 5) is 8.42. The van der Waals surface area contributed by atoms with Crippen molar-refractivity contribution < 1.29 is 4.74 Å². The van der Waals surface area contributed by atoms with Crippen LogP contribution in [0.15, 0.2) is 30.7 Å². The maximum Gasteiger partial charge on any atom is 0.169 e. The monoisotopic (exact) mass is 218 g/mol. The smallest absolute Gasteiger partial charge is 0.169 e. The van der Waals surface area contributed by atoms with E-state index in [-0.39, 0.29) is 0 Å². The Bertz CT molecular complexity index is 467. The predicted octanol–water partition coefficient (Wildman–Crippen LogP) is 1.44. The van der Waals surface area contributed by atoms with Gasteiger partial charge >= 0.3 is 0 Å². The number of methoxy groups -OCH3 is 1. The van der Waals surface area contributed by atoms with E-state index in [4.69, 9.17) is 4.74 Å². The van der Waals surface area contributed by atoms with Gasteiger partial charge in [0.05, 0.1) is 13.7 Å². The number of aromatic nitrogens is 3. The summed E-state index contributed by atoms with van der Waals surface area (Å²) in [7, 11) is 3.59. The van der Waals surface area contributed by atoms with Crippen LogP contribution < -0.4 is 10.1 Å². The van der Waals surface area contributed by atoms with Crippen LogP contribution in [0.4, 0.5) is 5.82 Å². The molecule has 0 aliphatic heterocycles. The van der Waals surface area contributed by atoms with E-state index in [0.717, 1.165) is 17.4 Å². The summed E-state index contributed by atoms with van der Waals surface area (Å²) >= 11 is 0. The van der Waals surface area contributed by atoms with Gasteiger partial charge in [0.2, 0.25) is 0 Å². The Morgan fingerprint density at radius 3 is 2.94 bits per heavy atom. The van der Waals surface area contributed by atoms with Crippen molar-refractivity contribution in [2.45, 2.75) is 6.54 Å². The molecule has 2 aromatic rings. The zero-order valence-electron chi connectivity index (χ0n) is 9.34. The molecule has 0 atom stereocenters. The van der Waals surface area contributed by atoms with Gasteiger partial charge in [0.15, 0.2) is 11.6 Å². The van der Waals surface area contributed by atoms with Crippen LogP contribution in [-0.4, -0.2) is 21.6 Å². The molecule has 0 spiro atoms. The van der Waals surface area contributed by atoms with Crippen molar-refractivity contribution in [3.63, 3.8) is 0 Å². The lowest BCUT2D eigenvalue weighted by Crippen LogP contribution is -2.07. The Labute approximate surface area is 94.1 Å². The van der Waals surface area contributed by atoms with E-state index in [1.54, 1.807) is 19.5 Å². The highest BCUT2D eigenvalue weighted by atomic mass is 16.5. The molecular formula is C11H14N4O. The van der Waals surface area contributed by atoms with Gasteiger partial charge in [-0.15, -0.1) is 0 Å². The average molecular weight is 218 g/mol. The lowest BCUT2D eigenvalue weighted by molar-refractivity contribution is 0.414. The van der Waals surface area contributed by atoms with Gasteiger partial charge in [0, 0.05) is 25.6 Å². The molecule has 1 N–H and O–H groups in total. The van der Waals surface area contributed by atoms with Gasteiger partial charge in [-0.05, 0) is 12.1 Å². The van der Waals surface area contributed by atoms with E-state index in [0.29, 0.717) is 6.54 Å². The van der Waals surface area contributed by atoms with Gasteiger partial charge in [-0.1, -0.05) is 0 Å². The first kappa shape index (κ1) is 10.5. The van der Waals surface area contributed by atoms with Crippen molar-refractivity contribution in [3.8, 4) is 5.75 Å². The molecule has 0 bridgehead atoms. The number of nitrogens with zero attached hydrogens (tertiary/aromatic N) is 3. The minimum atomic E-state index is 0.622. The lowest BCUT2D eigenvalue weighted by Gasteiger charge is -2.09. The molecule has 84 valence electrons. The van der Waals surface area contributed by atoms with Crippen LogP contribution in [0, 0.1) is 0 Å². The molecule has 0 aromatic carbocycles. The summed E-state index contributed by atoms with van der Waals surface area (Å²) in [5.74, 6) is 2.41. The number of anilines is 1. The standard InChI is InChI=1S/C11H14N4O/c1-15-7-6-12-10(15)8-14-11-9(16-2)4-3-5-13-11/h3-7H,8H2,1-2H3,(H,13,14). The van der Waals surface area contributed by atoms with E-state index >= 15 is 0 Å². The van der Waals surface area contributed by atoms with E-state index in [1.165, 1.54) is 0 Å². The van der Waals surface area contributed by atoms with Crippen LogP contribution in [-0.2, 0) is 13.6 Å². The first-order valence-electron chi connectivity index (χ1n) is 5.00. The first-order chi connectivity index (χ1) is 7.81. The quantitative estimate of drug-likeness (QED) is 0.843. The Hall–Kier alpha value is -2.04. The van der Waals surface area contributed by atoms with Crippen molar-refractivity contribution in [2.75, 3.05) is 12.4 Å². The second kappa shape index (κ2) is 4.65. The molecule has 0 saturated heterocycles. The average Bonchev–Trinajstić information content (AvgIpc) is 2.72. The largest absolute Gasteiger partial charge is 0.493 e. The van der Waals surface area contributed by atoms with Gasteiger partial charge in [0.1, 0.15) is 5.82 Å². The SMILES string of the molecule is COc1cccnc1NCc1nccn1C. The number of hydrogen-bond donors (Lipinski definition) is 1. The first-order valence-corrected chi connectivity index (χ1v) is 5.00. The maximum atomic E-state index is 5.19. The van der Waals surface area contributed by atoms with E-state index in [9.17, 15) is 0 Å². The van der Waals surface area contributed by atoms with Crippen LogP contribution in [0.3, 0.4) is 0 Å². The molecule has 2 rings (SSSR count). The summed E-state index contributed by atoms with van der Waals surface area (Å²) in [6.07, 6.45) is 5.41. The molecule has 5 nitrogen and oxygen atoms in total. The van der Waals surface area contributed by atoms with Crippen molar-refractivity contribution in [1.82, 2.24) is 14.5 Å². The van der Waals surface area contributed by atoms with Gasteiger partial charge in [-0.2, -0.15) is 0 Å². The Kier molecular flexibility index (Phi) is 3.05. The van der Waals surface area contributed by atoms with Crippen LogP contribution in [0.2, 0.25) is 0 Å². The molecule has 0 unspecified atom stereocenters. The fraction of sp³-hybridized carbons (Fsp3) is 0.273. The van der Waals surface area contributed by atoms with Gasteiger partial charge < -0.3 is 14.6 Å². The van der Waals surface area contributed by atoms with Gasteiger partial charge in [-0.25, -0.2) is 9.97 Å². The molecule has 0 fully saturated rings. The highest BCUT2D eigenvalue weighted by Gasteiger charge is 2.04. The fourth-order valence-electron chi connectivity index (χ4n) is 1.42. The van der Waals surface area contributed by atoms with Crippen molar-refractivity contribution in [2.24, 2.45) is 7.05 Å². The topological polar surface area (TPSA) is 52.0 Å². The summed E-state index contributed by atoms with van der Waals surface area (Å²) in [6.45, 7) is 0.622. The second-order valence-corrected chi connectivity index (χ2v) is 3.36. The lowest BCUT2D eigenvalue weighted by atomic mass is 10.4. The van der Waals surface area contributed by atoms with Gasteiger partial charge in [-0.3, -0.25) is 0 Å². The van der Waals surface area contributed by atoms with Crippen LogP contribution in [0.25, 0.3) is 0 Å². The number of pyridine rings is 1. The van der Waals surface area contributed by atoms with Crippen molar-refractivity contribution in [1.29, 1.82) is 0 Å². The predicted molar refractivity (Wildman–Crippen MR) is 61.3 cm³/mol. The van der Waals surface area contributed by atoms with Crippen molar-refractivity contribution >= 4 is 5.82 Å². The summed E-state index contributed by atoms with van der Waals surface area (Å²) in [5.41, 5.74) is 0. The highest BCUT2D eigenvalue weighted by molar-refractivity contribution is 5.49. The summed E-state index contributed by atoms with van der Waals surface area (Å²) < 4.78 is 7.15. The third kappa shape index (κ3) is 2.13. The van der Waals surface area contributed by atoms with Crippen LogP contribution in [0.1, 0.15) is 5.82 Å². The third-order valence-corrected chi connectivity index (χ3v) is 2.33. The minimum absolute atomic E-state index is 0.622. The molecular weight excluding hydrogens is 204 g/mol. The molecule has 0 amide bonds. The molecule has 2 heterocycles. The fourth-order valence-corrected chi connectivity index (χ4v) is 1.42. The normalized spacial score (nSPS) is 10.1. The molecule has 5 heteroatoms. The Balaban J connectivity index is 2.07. The molecule has 0 saturated carbocycles. The maximum absolute atomic E-state index is 5.19. The number of aryl methyl sites for hydroxylation is 1. The zero-order chi connectivity index (χ0) is 11.4. The third-order valence-electron chi connectivity index (χ3n) is 2.33. The zero-order valence-corrected chi connectivity index (χ0v) is 9.34. The van der Waals surface area contributed by atoms with Gasteiger partial charge in [0.25, 0.3) is 0 Å². The molecule has 2 aromatic heterocycles. The van der Waals surface area contributed by atoms with E-state index in [1.807, 2.05) is 29.9 Å². The Morgan fingerprint density at radius 2 is 2.25 bits per heavy atom. The summed E-state index contributed by atoms with van der Waals surface area (Å²) in [5, 5.41) is 3.19. The van der Waals surface area contributed by atoms with E-state index in [2.05, 4.69) is 15.3 Å². The molecule has 0 radical (unpaired) electrons. The Morgan fingerprint density at radius 1 is 1.38 bits per heavy atom. The molecule has 0 aliphatic carbocycles. The molecule has 16 heavy (non-hydrogen) atoms. The van der Waals surface area contributed by atoms with Crippen LogP contribution in [0.5, 0.6) is 5.75 Å². The van der Waals surface area contributed by atoms with Crippen LogP contribution >= 0.6 is 0 Å². The second-order valence-electron chi connectivity index (χ2n) is 3.36. The highest BCUT2D eigenvalue weighted by Crippen LogP contribution is 2.20. The number of rotatable bonds is 4. The number of ether oxygens (including phenoxy) is 1. The number of imidazole rings is 1. The molecule has 0 aliphatic rings. The van der Waals surface area contributed by atoms with E-state index < -0.39 is 0 Å².